The molecular formula is C21H21N3O2. The summed E-state index contributed by atoms with van der Waals surface area (Å²) in [7, 11) is 1.81. The van der Waals surface area contributed by atoms with Crippen molar-refractivity contribution in [2.45, 2.75) is 19.4 Å². The van der Waals surface area contributed by atoms with Gasteiger partial charge >= 0.3 is 0 Å². The second kappa shape index (κ2) is 7.40. The van der Waals surface area contributed by atoms with Gasteiger partial charge in [-0.25, -0.2) is 0 Å². The summed E-state index contributed by atoms with van der Waals surface area (Å²) >= 11 is 0. The molecule has 5 heteroatoms. The second-order valence-electron chi connectivity index (χ2n) is 6.68. The minimum Gasteiger partial charge on any atom is -0.352 e. The molecule has 2 atom stereocenters. The van der Waals surface area contributed by atoms with Crippen molar-refractivity contribution in [1.82, 2.24) is 10.2 Å². The fourth-order valence-corrected chi connectivity index (χ4v) is 3.49. The van der Waals surface area contributed by atoms with Crippen LogP contribution in [0.25, 0.3) is 0 Å². The number of aryl methyl sites for hydroxylation is 1. The van der Waals surface area contributed by atoms with Crippen molar-refractivity contribution in [3.63, 3.8) is 0 Å². The molecular weight excluding hydrogens is 326 g/mol. The summed E-state index contributed by atoms with van der Waals surface area (Å²) < 4.78 is 0. The number of rotatable bonds is 4. The molecule has 0 radical (unpaired) electrons. The molecule has 1 heterocycles. The Bertz CT molecular complexity index is 871. The van der Waals surface area contributed by atoms with E-state index in [0.717, 1.165) is 11.1 Å². The first kappa shape index (κ1) is 17.7. The largest absolute Gasteiger partial charge is 0.352 e. The van der Waals surface area contributed by atoms with Crippen LogP contribution < -0.4 is 5.32 Å². The third-order valence-corrected chi connectivity index (χ3v) is 4.98. The van der Waals surface area contributed by atoms with Crippen LogP contribution in [0.15, 0.2) is 48.5 Å². The molecule has 3 rings (SSSR count). The minimum atomic E-state index is -0.227. The van der Waals surface area contributed by atoms with E-state index in [4.69, 9.17) is 5.26 Å². The van der Waals surface area contributed by atoms with Gasteiger partial charge in [0.1, 0.15) is 0 Å². The molecule has 1 fully saturated rings. The van der Waals surface area contributed by atoms with Gasteiger partial charge in [0.2, 0.25) is 5.91 Å². The summed E-state index contributed by atoms with van der Waals surface area (Å²) in [5, 5.41) is 12.0. The van der Waals surface area contributed by atoms with Gasteiger partial charge in [0.25, 0.3) is 5.91 Å². The molecule has 0 unspecified atom stereocenters. The summed E-state index contributed by atoms with van der Waals surface area (Å²) in [6, 6.07) is 17.0. The Morgan fingerprint density at radius 1 is 1.27 bits per heavy atom. The van der Waals surface area contributed by atoms with Crippen molar-refractivity contribution >= 4 is 11.8 Å². The minimum absolute atomic E-state index is 0.0136. The average Bonchev–Trinajstić information content (AvgIpc) is 2.94. The number of carbonyl (C=O) groups is 2. The van der Waals surface area contributed by atoms with Gasteiger partial charge in [-0.15, -0.1) is 0 Å². The van der Waals surface area contributed by atoms with Crippen LogP contribution in [0.5, 0.6) is 0 Å². The molecule has 1 N–H and O–H groups in total. The Morgan fingerprint density at radius 3 is 2.69 bits per heavy atom. The molecule has 2 aromatic carbocycles. The van der Waals surface area contributed by atoms with Crippen molar-refractivity contribution in [2.24, 2.45) is 5.92 Å². The summed E-state index contributed by atoms with van der Waals surface area (Å²) in [6.45, 7) is 2.24. The van der Waals surface area contributed by atoms with Crippen LogP contribution in [-0.4, -0.2) is 30.3 Å². The number of hydrogen-bond acceptors (Lipinski definition) is 3. The molecule has 5 nitrogen and oxygen atoms in total. The Hall–Kier alpha value is -3.13. The van der Waals surface area contributed by atoms with Gasteiger partial charge in [-0.3, -0.25) is 9.59 Å². The van der Waals surface area contributed by atoms with Crippen molar-refractivity contribution in [2.75, 3.05) is 13.6 Å². The molecule has 26 heavy (non-hydrogen) atoms. The lowest BCUT2D eigenvalue weighted by molar-refractivity contribution is -0.127. The van der Waals surface area contributed by atoms with E-state index >= 15 is 0 Å². The molecule has 0 bridgehead atoms. The smallest absolute Gasteiger partial charge is 0.251 e. The van der Waals surface area contributed by atoms with E-state index in [1.165, 1.54) is 0 Å². The molecule has 1 aliphatic heterocycles. The monoisotopic (exact) mass is 347 g/mol. The van der Waals surface area contributed by atoms with Crippen LogP contribution in [-0.2, 0) is 4.79 Å². The Morgan fingerprint density at radius 2 is 2.00 bits per heavy atom. The van der Waals surface area contributed by atoms with E-state index in [-0.39, 0.29) is 23.8 Å². The van der Waals surface area contributed by atoms with Gasteiger partial charge in [-0.2, -0.15) is 5.26 Å². The average molecular weight is 347 g/mol. The van der Waals surface area contributed by atoms with Crippen molar-refractivity contribution in [3.05, 3.63) is 70.8 Å². The van der Waals surface area contributed by atoms with Crippen LogP contribution >= 0.6 is 0 Å². The summed E-state index contributed by atoms with van der Waals surface area (Å²) in [6.07, 6.45) is 0.410. The van der Waals surface area contributed by atoms with E-state index in [2.05, 4.69) is 11.4 Å². The summed E-state index contributed by atoms with van der Waals surface area (Å²) in [4.78, 5) is 26.4. The first-order valence-electron chi connectivity index (χ1n) is 8.61. The summed E-state index contributed by atoms with van der Waals surface area (Å²) in [5.74, 6) is -0.129. The number of hydrogen-bond donors (Lipinski definition) is 1. The maximum absolute atomic E-state index is 12.5. The Labute approximate surface area is 153 Å². The molecule has 1 saturated heterocycles. The lowest BCUT2D eigenvalue weighted by Crippen LogP contribution is -2.32. The SMILES string of the molecule is Cc1ccc(C(=O)NC[C@@H]2CC(=O)N(C)[C@H]2c2ccccc2)cc1C#N. The van der Waals surface area contributed by atoms with Crippen molar-refractivity contribution < 1.29 is 9.59 Å². The number of benzene rings is 2. The fourth-order valence-electron chi connectivity index (χ4n) is 3.49. The highest BCUT2D eigenvalue weighted by molar-refractivity contribution is 5.94. The fraction of sp³-hybridized carbons (Fsp3) is 0.286. The van der Waals surface area contributed by atoms with Gasteiger partial charge in [0, 0.05) is 31.5 Å². The number of nitriles is 1. The predicted octanol–water partition coefficient (Wildman–Crippen LogP) is 2.82. The zero-order valence-corrected chi connectivity index (χ0v) is 14.9. The van der Waals surface area contributed by atoms with Gasteiger partial charge < -0.3 is 10.2 Å². The molecule has 132 valence electrons. The van der Waals surface area contributed by atoms with Gasteiger partial charge in [-0.05, 0) is 30.2 Å². The van der Waals surface area contributed by atoms with Crippen LogP contribution in [0.1, 0.15) is 39.5 Å². The topological polar surface area (TPSA) is 73.2 Å². The van der Waals surface area contributed by atoms with Crippen LogP contribution in [0.4, 0.5) is 0 Å². The van der Waals surface area contributed by atoms with Crippen LogP contribution in [0.3, 0.4) is 0 Å². The van der Waals surface area contributed by atoms with E-state index < -0.39 is 0 Å². The van der Waals surface area contributed by atoms with Gasteiger partial charge in [0.05, 0.1) is 17.7 Å². The van der Waals surface area contributed by atoms with Crippen LogP contribution in [0, 0.1) is 24.2 Å². The number of likely N-dealkylation sites (tertiary alicyclic amines) is 1. The van der Waals surface area contributed by atoms with E-state index in [1.807, 2.05) is 37.3 Å². The highest BCUT2D eigenvalue weighted by atomic mass is 16.2. The predicted molar refractivity (Wildman–Crippen MR) is 98.3 cm³/mol. The molecule has 0 saturated carbocycles. The standard InChI is InChI=1S/C21H21N3O2/c1-14-8-9-16(10-17(14)12-22)21(26)23-13-18-11-19(25)24(2)20(18)15-6-4-3-5-7-15/h3-10,18,20H,11,13H2,1-2H3,(H,23,26)/t18-,20-/m0/s1. The molecule has 0 spiro atoms. The van der Waals surface area contributed by atoms with Crippen molar-refractivity contribution in [3.8, 4) is 6.07 Å². The normalized spacial score (nSPS) is 19.3. The first-order chi connectivity index (χ1) is 12.5. The highest BCUT2D eigenvalue weighted by Gasteiger charge is 2.38. The number of carbonyl (C=O) groups excluding carboxylic acids is 2. The van der Waals surface area contributed by atoms with Crippen LogP contribution in [0.2, 0.25) is 0 Å². The number of amides is 2. The lowest BCUT2D eigenvalue weighted by atomic mass is 9.93. The zero-order valence-electron chi connectivity index (χ0n) is 14.9. The van der Waals surface area contributed by atoms with Gasteiger partial charge in [-0.1, -0.05) is 36.4 Å². The third kappa shape index (κ3) is 3.45. The second-order valence-corrected chi connectivity index (χ2v) is 6.68. The first-order valence-corrected chi connectivity index (χ1v) is 8.61. The Kier molecular flexibility index (Phi) is 5.04. The molecule has 2 aromatic rings. The van der Waals surface area contributed by atoms with Crippen molar-refractivity contribution in [1.29, 1.82) is 5.26 Å². The van der Waals surface area contributed by atoms with E-state index in [1.54, 1.807) is 30.1 Å². The molecule has 0 aromatic heterocycles. The lowest BCUT2D eigenvalue weighted by Gasteiger charge is -2.25. The maximum atomic E-state index is 12.5. The number of nitrogens with one attached hydrogen (secondary N) is 1. The molecule has 2 amide bonds. The third-order valence-electron chi connectivity index (χ3n) is 4.98. The van der Waals surface area contributed by atoms with Gasteiger partial charge in [0.15, 0.2) is 0 Å². The maximum Gasteiger partial charge on any atom is 0.251 e. The zero-order chi connectivity index (χ0) is 18.7. The van der Waals surface area contributed by atoms with E-state index in [0.29, 0.717) is 24.1 Å². The summed E-state index contributed by atoms with van der Waals surface area (Å²) in [5.41, 5.74) is 2.87. The molecule has 0 aliphatic carbocycles. The quantitative estimate of drug-likeness (QED) is 0.924. The van der Waals surface area contributed by atoms with E-state index in [9.17, 15) is 9.59 Å². The molecule has 1 aliphatic rings. The highest BCUT2D eigenvalue weighted by Crippen LogP contribution is 2.36. The Balaban J connectivity index is 1.73. The number of nitrogens with zero attached hydrogens (tertiary/aromatic N) is 2.